The second-order valence-corrected chi connectivity index (χ2v) is 16.5. The minimum absolute atomic E-state index is 0.144. The Balaban J connectivity index is 4.57. The summed E-state index contributed by atoms with van der Waals surface area (Å²) in [6, 6.07) is 0.190. The van der Waals surface area contributed by atoms with Crippen molar-refractivity contribution in [2.24, 2.45) is 11.7 Å². The monoisotopic (exact) mass is 684 g/mol. The van der Waals surface area contributed by atoms with Gasteiger partial charge in [0.15, 0.2) is 0 Å². The molecule has 0 rings (SSSR count). The van der Waals surface area contributed by atoms with Gasteiger partial charge in [0.25, 0.3) is 0 Å². The van der Waals surface area contributed by atoms with Crippen LogP contribution in [0.1, 0.15) is 240 Å². The highest BCUT2D eigenvalue weighted by Crippen LogP contribution is 2.22. The van der Waals surface area contributed by atoms with Crippen LogP contribution in [0.2, 0.25) is 0 Å². The molecule has 284 valence electrons. The molecular weight excluding hydrogens is 595 g/mol. The summed E-state index contributed by atoms with van der Waals surface area (Å²) in [6.45, 7) is 13.0. The van der Waals surface area contributed by atoms with Gasteiger partial charge in [-0.3, -0.25) is 0 Å². The van der Waals surface area contributed by atoms with Gasteiger partial charge in [0.05, 0.1) is 6.10 Å². The van der Waals surface area contributed by atoms with E-state index in [-0.39, 0.29) is 12.1 Å². The summed E-state index contributed by atoms with van der Waals surface area (Å²) in [5.41, 5.74) is 6.80. The summed E-state index contributed by atoms with van der Waals surface area (Å²) in [4.78, 5) is 0. The van der Waals surface area contributed by atoms with Gasteiger partial charge in [-0.1, -0.05) is 214 Å². The molecule has 0 spiro atoms. The molecule has 0 aliphatic carbocycles. The SMILES string of the molecule is CCCCCCCCCCCCO[SiH](OCCCCCCCCCCCC)OC(CCC)C(C)C(N)CCCCCCCCCCC. The van der Waals surface area contributed by atoms with E-state index in [1.165, 1.54) is 173 Å². The maximum atomic E-state index is 6.80. The molecule has 0 aromatic heterocycles. The van der Waals surface area contributed by atoms with Crippen LogP contribution in [0, 0.1) is 5.92 Å². The van der Waals surface area contributed by atoms with Crippen molar-refractivity contribution in [2.45, 2.75) is 252 Å². The van der Waals surface area contributed by atoms with Crippen molar-refractivity contribution in [1.82, 2.24) is 0 Å². The fraction of sp³-hybridized carbons (Fsp3) is 1.00. The van der Waals surface area contributed by atoms with Crippen molar-refractivity contribution in [3.63, 3.8) is 0 Å². The minimum atomic E-state index is -2.19. The molecule has 0 bridgehead atoms. The zero-order valence-electron chi connectivity index (χ0n) is 33.2. The largest absolute Gasteiger partial charge is 0.484 e. The number of hydrogen-bond acceptors (Lipinski definition) is 4. The molecule has 0 aromatic carbocycles. The molecule has 0 aliphatic heterocycles. The molecule has 5 heteroatoms. The van der Waals surface area contributed by atoms with Crippen LogP contribution in [-0.4, -0.2) is 34.9 Å². The Morgan fingerprint density at radius 2 is 0.723 bits per heavy atom. The average molecular weight is 684 g/mol. The molecule has 0 heterocycles. The molecule has 3 unspecified atom stereocenters. The van der Waals surface area contributed by atoms with Crippen molar-refractivity contribution in [1.29, 1.82) is 0 Å². The molecule has 0 amide bonds. The lowest BCUT2D eigenvalue weighted by molar-refractivity contribution is 0.0227. The van der Waals surface area contributed by atoms with Crippen LogP contribution in [-0.2, 0) is 13.3 Å². The Hall–Kier alpha value is 0.0569. The fourth-order valence-corrected chi connectivity index (χ4v) is 8.42. The van der Waals surface area contributed by atoms with Crippen molar-refractivity contribution in [3.05, 3.63) is 0 Å². The van der Waals surface area contributed by atoms with Crippen LogP contribution >= 0.6 is 0 Å². The molecule has 0 aliphatic rings. The molecule has 47 heavy (non-hydrogen) atoms. The quantitative estimate of drug-likeness (QED) is 0.0516. The van der Waals surface area contributed by atoms with E-state index in [2.05, 4.69) is 34.6 Å². The van der Waals surface area contributed by atoms with Crippen LogP contribution < -0.4 is 5.73 Å². The highest BCUT2D eigenvalue weighted by molar-refractivity contribution is 6.36. The maximum absolute atomic E-state index is 6.80. The maximum Gasteiger partial charge on any atom is 0.484 e. The van der Waals surface area contributed by atoms with Crippen molar-refractivity contribution in [3.8, 4) is 0 Å². The lowest BCUT2D eigenvalue weighted by atomic mass is 9.90. The van der Waals surface area contributed by atoms with E-state index in [1.807, 2.05) is 0 Å². The van der Waals surface area contributed by atoms with E-state index in [4.69, 9.17) is 19.0 Å². The van der Waals surface area contributed by atoms with E-state index in [9.17, 15) is 0 Å². The van der Waals surface area contributed by atoms with Gasteiger partial charge in [-0.15, -0.1) is 0 Å². The average Bonchev–Trinajstić information content (AvgIpc) is 3.07. The molecule has 0 saturated carbocycles. The van der Waals surface area contributed by atoms with Gasteiger partial charge in [-0.05, 0) is 31.6 Å². The van der Waals surface area contributed by atoms with E-state index in [0.29, 0.717) is 5.92 Å². The number of rotatable bonds is 40. The van der Waals surface area contributed by atoms with Crippen molar-refractivity contribution < 1.29 is 13.3 Å². The number of nitrogens with two attached hydrogens (primary N) is 1. The summed E-state index contributed by atoms with van der Waals surface area (Å²) in [7, 11) is -2.19. The zero-order valence-corrected chi connectivity index (χ0v) is 34.3. The molecular formula is C42H89NO3Si. The summed E-state index contributed by atoms with van der Waals surface area (Å²) in [5.74, 6) is 0.334. The lowest BCUT2D eigenvalue weighted by Crippen LogP contribution is -2.42. The van der Waals surface area contributed by atoms with Gasteiger partial charge in [-0.2, -0.15) is 0 Å². The first-order valence-corrected chi connectivity index (χ1v) is 23.2. The second kappa shape index (κ2) is 38.9. The first-order chi connectivity index (χ1) is 23.1. The smallest absolute Gasteiger partial charge is 0.376 e. The van der Waals surface area contributed by atoms with E-state index >= 15 is 0 Å². The first kappa shape index (κ1) is 47.1. The van der Waals surface area contributed by atoms with E-state index in [1.54, 1.807) is 0 Å². The Bertz CT molecular complexity index is 554. The predicted octanol–water partition coefficient (Wildman–Crippen LogP) is 13.6. The zero-order chi connectivity index (χ0) is 34.5. The molecule has 0 fully saturated rings. The van der Waals surface area contributed by atoms with Crippen LogP contribution in [0.5, 0.6) is 0 Å². The molecule has 0 aromatic rings. The molecule has 2 N–H and O–H groups in total. The molecule has 3 atom stereocenters. The van der Waals surface area contributed by atoms with Gasteiger partial charge in [0, 0.05) is 19.3 Å². The summed E-state index contributed by atoms with van der Waals surface area (Å²) in [6.07, 6.45) is 42.5. The van der Waals surface area contributed by atoms with Crippen LogP contribution in [0.25, 0.3) is 0 Å². The van der Waals surface area contributed by atoms with E-state index in [0.717, 1.165) is 45.3 Å². The Kier molecular flexibility index (Phi) is 38.9. The van der Waals surface area contributed by atoms with Gasteiger partial charge < -0.3 is 19.0 Å². The third kappa shape index (κ3) is 33.0. The Labute approximate surface area is 299 Å². The summed E-state index contributed by atoms with van der Waals surface area (Å²) in [5, 5.41) is 0. The number of unbranched alkanes of at least 4 members (excludes halogenated alkanes) is 26. The van der Waals surface area contributed by atoms with Gasteiger partial charge >= 0.3 is 9.53 Å². The Morgan fingerprint density at radius 3 is 1.06 bits per heavy atom. The fourth-order valence-electron chi connectivity index (χ4n) is 6.78. The van der Waals surface area contributed by atoms with Crippen molar-refractivity contribution >= 4 is 9.53 Å². The normalized spacial score (nSPS) is 13.9. The second-order valence-electron chi connectivity index (χ2n) is 15.0. The van der Waals surface area contributed by atoms with E-state index < -0.39 is 9.53 Å². The van der Waals surface area contributed by atoms with Crippen LogP contribution in [0.3, 0.4) is 0 Å². The number of hydrogen-bond donors (Lipinski definition) is 1. The Morgan fingerprint density at radius 1 is 0.404 bits per heavy atom. The highest BCUT2D eigenvalue weighted by Gasteiger charge is 2.28. The summed E-state index contributed by atoms with van der Waals surface area (Å²) >= 11 is 0. The summed E-state index contributed by atoms with van der Waals surface area (Å²) < 4.78 is 19.6. The standard InChI is InChI=1S/C42H89NO3Si/c1-6-10-13-16-19-22-25-28-31-34-38-44-47(45-39-35-32-29-26-23-20-17-14-11-7-2)46-42(36-9-4)40(5)41(43)37-33-30-27-24-21-18-15-12-8-3/h40-42,47H,6-39,43H2,1-5H3. The minimum Gasteiger partial charge on any atom is -0.376 e. The van der Waals surface area contributed by atoms with Crippen molar-refractivity contribution in [2.75, 3.05) is 13.2 Å². The topological polar surface area (TPSA) is 53.7 Å². The third-order valence-electron chi connectivity index (χ3n) is 10.3. The highest BCUT2D eigenvalue weighted by atomic mass is 28.3. The first-order valence-electron chi connectivity index (χ1n) is 21.7. The van der Waals surface area contributed by atoms with Crippen LogP contribution in [0.4, 0.5) is 0 Å². The van der Waals surface area contributed by atoms with Gasteiger partial charge in [0.1, 0.15) is 0 Å². The van der Waals surface area contributed by atoms with Gasteiger partial charge in [0.2, 0.25) is 0 Å². The van der Waals surface area contributed by atoms with Crippen LogP contribution in [0.15, 0.2) is 0 Å². The molecule has 0 radical (unpaired) electrons. The lowest BCUT2D eigenvalue weighted by Gasteiger charge is -2.31. The third-order valence-corrected chi connectivity index (χ3v) is 11.9. The molecule has 4 nitrogen and oxygen atoms in total. The molecule has 0 saturated heterocycles. The predicted molar refractivity (Wildman–Crippen MR) is 212 cm³/mol. The van der Waals surface area contributed by atoms with Gasteiger partial charge in [-0.25, -0.2) is 0 Å².